The number of ketones is 2. The lowest BCUT2D eigenvalue weighted by Gasteiger charge is -2.36. The van der Waals surface area contributed by atoms with Gasteiger partial charge in [-0.1, -0.05) is 135 Å². The number of aliphatic hydroxyl groups is 5. The molecule has 0 fully saturated rings. The number of likely N-dealkylation sites (N-methyl/N-ethyl adjacent to an activating group) is 1. The van der Waals surface area contributed by atoms with Crippen molar-refractivity contribution in [2.75, 3.05) is 47.2 Å². The number of ether oxygens (including phenoxy) is 2. The summed E-state index contributed by atoms with van der Waals surface area (Å²) < 4.78 is 10.8. The summed E-state index contributed by atoms with van der Waals surface area (Å²) in [6.45, 7) is 20.2. The molecule has 0 aromatic carbocycles. The molecule has 2 rings (SSSR count). The Morgan fingerprint density at radius 1 is 0.630 bits per heavy atom. The second kappa shape index (κ2) is 34.1. The summed E-state index contributed by atoms with van der Waals surface area (Å²) >= 11 is 0. The number of carbonyl (C=O) groups is 6. The third-order valence-electron chi connectivity index (χ3n) is 12.4. The first-order valence-corrected chi connectivity index (χ1v) is 24.5. The Morgan fingerprint density at radius 3 is 1.38 bits per heavy atom. The normalized spacial score (nSPS) is 19.2. The van der Waals surface area contributed by atoms with Crippen LogP contribution in [-0.4, -0.2) is 132 Å². The molecule has 0 radical (unpaired) electrons. The van der Waals surface area contributed by atoms with E-state index < -0.39 is 48.9 Å². The number of hydrogen-bond acceptors (Lipinski definition) is 14. The van der Waals surface area contributed by atoms with Crippen molar-refractivity contribution in [3.05, 3.63) is 130 Å². The van der Waals surface area contributed by atoms with Gasteiger partial charge in [0.2, 0.25) is 5.91 Å². The number of Topliss-reactive ketones (excluding diaryl/α,β-unsaturated/α-hetero) is 2. The molecule has 406 valence electrons. The van der Waals surface area contributed by atoms with Crippen LogP contribution in [0.25, 0.3) is 0 Å². The van der Waals surface area contributed by atoms with Gasteiger partial charge >= 0.3 is 5.97 Å². The molecule has 0 aromatic rings. The third-order valence-corrected chi connectivity index (χ3v) is 12.4. The number of amides is 1. The predicted molar refractivity (Wildman–Crippen MR) is 288 cm³/mol. The average molecular weight is 1020 g/mol. The van der Waals surface area contributed by atoms with E-state index in [0.717, 1.165) is 39.0 Å². The molecule has 0 heterocycles. The fourth-order valence-corrected chi connectivity index (χ4v) is 7.27. The van der Waals surface area contributed by atoms with E-state index in [1.165, 1.54) is 0 Å². The Morgan fingerprint density at radius 2 is 1.01 bits per heavy atom. The van der Waals surface area contributed by atoms with Gasteiger partial charge in [0.25, 0.3) is 0 Å². The minimum atomic E-state index is -1.40. The minimum absolute atomic E-state index is 0.0152. The number of aliphatic hydroxyl groups excluding tert-OH is 5. The molecule has 15 heteroatoms. The largest absolute Gasteiger partial charge is 0.454 e. The van der Waals surface area contributed by atoms with Crippen LogP contribution in [0.15, 0.2) is 130 Å². The Balaban J connectivity index is 0.00000194. The highest BCUT2D eigenvalue weighted by Gasteiger charge is 2.40. The highest BCUT2D eigenvalue weighted by atomic mass is 16.5. The van der Waals surface area contributed by atoms with Crippen molar-refractivity contribution >= 4 is 36.0 Å². The topological polar surface area (TPSA) is 246 Å². The molecule has 15 nitrogen and oxygen atoms in total. The quantitative estimate of drug-likeness (QED) is 0.0282. The first kappa shape index (κ1) is 67.5. The lowest BCUT2D eigenvalue weighted by Crippen LogP contribution is -2.57. The summed E-state index contributed by atoms with van der Waals surface area (Å²) in [4.78, 5) is 69.2. The van der Waals surface area contributed by atoms with Crippen LogP contribution in [0.4, 0.5) is 0 Å². The predicted octanol–water partition coefficient (Wildman–Crippen LogP) is 6.84. The van der Waals surface area contributed by atoms with Crippen molar-refractivity contribution in [1.82, 2.24) is 10.6 Å². The van der Waals surface area contributed by atoms with Crippen molar-refractivity contribution in [1.29, 1.82) is 0 Å². The Kier molecular flexibility index (Phi) is 31.5. The van der Waals surface area contributed by atoms with E-state index in [-0.39, 0.29) is 67.4 Å². The fraction of sp³-hybridized carbons (Fsp3) is 0.517. The molecular weight excluding hydrogens is 933 g/mol. The first-order valence-electron chi connectivity index (χ1n) is 24.5. The lowest BCUT2D eigenvalue weighted by molar-refractivity contribution is -0.156. The van der Waals surface area contributed by atoms with E-state index in [4.69, 9.17) is 35.0 Å². The summed E-state index contributed by atoms with van der Waals surface area (Å²) in [5, 5.41) is 48.7. The highest BCUT2D eigenvalue weighted by molar-refractivity contribution is 6.02. The maximum absolute atomic E-state index is 13.0. The summed E-state index contributed by atoms with van der Waals surface area (Å²) in [7, 11) is 3.30. The molecule has 0 saturated carbocycles. The van der Waals surface area contributed by atoms with Crippen LogP contribution in [0.2, 0.25) is 0 Å². The Hall–Kier alpha value is -5.52. The molecule has 7 N–H and O–H groups in total. The van der Waals surface area contributed by atoms with E-state index in [1.807, 2.05) is 89.3 Å². The van der Waals surface area contributed by atoms with Crippen molar-refractivity contribution in [2.45, 2.75) is 138 Å². The van der Waals surface area contributed by atoms with Gasteiger partial charge in [-0.3, -0.25) is 19.2 Å². The average Bonchev–Trinajstić information content (AvgIpc) is 3.35. The molecule has 0 bridgehead atoms. The van der Waals surface area contributed by atoms with Gasteiger partial charge in [-0.15, -0.1) is 0 Å². The maximum Gasteiger partial charge on any atom is 0.306 e. The van der Waals surface area contributed by atoms with Gasteiger partial charge in [0.05, 0.1) is 45.0 Å². The first-order chi connectivity index (χ1) is 34.2. The van der Waals surface area contributed by atoms with E-state index in [0.29, 0.717) is 31.0 Å². The zero-order valence-corrected chi connectivity index (χ0v) is 45.7. The number of allylic oxidation sites excluding steroid dienone is 20. The second-order valence-electron chi connectivity index (χ2n) is 19.9. The Bertz CT molecular complexity index is 2180. The summed E-state index contributed by atoms with van der Waals surface area (Å²) in [5.41, 5.74) is 5.31. The summed E-state index contributed by atoms with van der Waals surface area (Å²) in [6, 6.07) is 0. The zero-order valence-electron chi connectivity index (χ0n) is 45.7. The molecule has 2 unspecified atom stereocenters. The van der Waals surface area contributed by atoms with E-state index in [9.17, 15) is 28.8 Å². The second-order valence-corrected chi connectivity index (χ2v) is 19.9. The molecular formula is C58H86N2O13. The number of esters is 1. The molecule has 0 spiro atoms. The molecule has 73 heavy (non-hydrogen) atoms. The van der Waals surface area contributed by atoms with Crippen LogP contribution in [0, 0.1) is 10.8 Å². The minimum Gasteiger partial charge on any atom is -0.454 e. The van der Waals surface area contributed by atoms with Gasteiger partial charge in [0, 0.05) is 32.8 Å². The van der Waals surface area contributed by atoms with E-state index in [2.05, 4.69) is 68.7 Å². The number of carbonyl (C=O) groups excluding carboxylic acids is 6. The van der Waals surface area contributed by atoms with Crippen molar-refractivity contribution in [3.63, 3.8) is 0 Å². The number of aldehydes is 2. The van der Waals surface area contributed by atoms with Crippen molar-refractivity contribution in [2.24, 2.45) is 10.8 Å². The standard InChI is InChI=1S/C45H58O6.C8H15NO5.C5H13NO2/c1-31(19-14-21-33(3)24-26-37-35(5)42(48)39(50-11)29-44(37,7)8)17-12-13-18-32(2)20-15-22-34(4)25-27-38-36(6)43(49)40(30-45(38,9)10)51-41(47)23-16-28-46;10-3-1-2-7(14)9-8(4-11,5-12)6-13;1-5(3-7,4-8)6-2/h12-15,17-22,24-28,39-40H,16,23,29-30H2,1-11H3;3,11-13H,1-2,4-6H2,(H,9,14);6-8H,3-4H2,1-2H3/b13-12+,19-14+,20-15+,26-24+,27-25+,31-17+,32-18+,33-21+,34-22+;;. The Labute approximate surface area is 434 Å². The van der Waals surface area contributed by atoms with Crippen molar-refractivity contribution < 1.29 is 63.8 Å². The van der Waals surface area contributed by atoms with Crippen LogP contribution >= 0.6 is 0 Å². The van der Waals surface area contributed by atoms with Crippen LogP contribution in [-0.2, 0) is 38.2 Å². The van der Waals surface area contributed by atoms with Gasteiger partial charge in [0.1, 0.15) is 24.2 Å². The van der Waals surface area contributed by atoms with Crippen LogP contribution < -0.4 is 10.6 Å². The number of nitrogens with one attached hydrogen (secondary N) is 2. The molecule has 1 amide bonds. The van der Waals surface area contributed by atoms with Crippen LogP contribution in [0.3, 0.4) is 0 Å². The van der Waals surface area contributed by atoms with Gasteiger partial charge < -0.3 is 55.2 Å². The van der Waals surface area contributed by atoms with Crippen LogP contribution in [0.5, 0.6) is 0 Å². The smallest absolute Gasteiger partial charge is 0.306 e. The fourth-order valence-electron chi connectivity index (χ4n) is 7.27. The number of methoxy groups -OCH3 is 1. The molecule has 0 saturated heterocycles. The van der Waals surface area contributed by atoms with Crippen molar-refractivity contribution in [3.8, 4) is 0 Å². The molecule has 0 aromatic heterocycles. The highest BCUT2D eigenvalue weighted by Crippen LogP contribution is 2.42. The molecule has 2 aliphatic rings. The lowest BCUT2D eigenvalue weighted by atomic mass is 9.71. The van der Waals surface area contributed by atoms with Gasteiger partial charge in [-0.2, -0.15) is 0 Å². The zero-order chi connectivity index (χ0) is 56.0. The summed E-state index contributed by atoms with van der Waals surface area (Å²) in [5.74, 6) is -1.13. The molecule has 2 atom stereocenters. The molecule has 0 aliphatic heterocycles. The van der Waals surface area contributed by atoms with E-state index in [1.54, 1.807) is 28.0 Å². The SMILES string of the molecule is CNC(C)(CO)CO.COC1CC(C)(C)C(/C=C/C(C)=C/C=C/C(C)=C/C=C/C=C(C)/C=C/C=C(C)/C=C/C2=C(C)C(=O)C(OC(=O)CCC=O)CC2(C)C)=C(C)C1=O.O=CCCC(=O)NC(CO)(CO)CO. The van der Waals surface area contributed by atoms with Gasteiger partial charge in [-0.25, -0.2) is 0 Å². The van der Waals surface area contributed by atoms with Crippen LogP contribution in [0.1, 0.15) is 115 Å². The van der Waals surface area contributed by atoms with Gasteiger partial charge in [0.15, 0.2) is 17.7 Å². The maximum atomic E-state index is 13.0. The monoisotopic (exact) mass is 1020 g/mol. The summed E-state index contributed by atoms with van der Waals surface area (Å²) in [6.07, 6.45) is 29.7. The van der Waals surface area contributed by atoms with E-state index >= 15 is 0 Å². The third kappa shape index (κ3) is 24.4. The molecule has 2 aliphatic carbocycles. The number of hydrogen-bond donors (Lipinski definition) is 7. The number of rotatable bonds is 25. The van der Waals surface area contributed by atoms with Gasteiger partial charge in [-0.05, 0) is 95.1 Å².